The summed E-state index contributed by atoms with van der Waals surface area (Å²) >= 11 is -0.382. The number of halogens is 3. The summed E-state index contributed by atoms with van der Waals surface area (Å²) in [5.74, 6) is -0.134. The second kappa shape index (κ2) is 10.1. The van der Waals surface area contributed by atoms with E-state index >= 15 is 0 Å². The number of aromatic nitrogens is 4. The first-order chi connectivity index (χ1) is 19.2. The van der Waals surface area contributed by atoms with Crippen LogP contribution in [0.25, 0.3) is 42.4 Å². The monoisotopic (exact) mass is 550 g/mol. The first-order valence-corrected chi connectivity index (χ1v) is 12.3. The summed E-state index contributed by atoms with van der Waals surface area (Å²) in [6.07, 6.45) is 8.60. The summed E-state index contributed by atoms with van der Waals surface area (Å²) in [6, 6.07) is 3.51. The van der Waals surface area contributed by atoms with Crippen LogP contribution in [0.15, 0.2) is 60.0 Å². The second-order valence-corrected chi connectivity index (χ2v) is 9.75. The third kappa shape index (κ3) is 4.27. The molecule has 0 fully saturated rings. The third-order valence-corrected chi connectivity index (χ3v) is 7.55. The average Bonchev–Trinajstić information content (AvgIpc) is 3.47. The lowest BCUT2D eigenvalue weighted by atomic mass is 9.88. The number of alkyl halides is 3. The summed E-state index contributed by atoms with van der Waals surface area (Å²) in [6.45, 7) is 16.8. The van der Waals surface area contributed by atoms with Crippen molar-refractivity contribution in [2.75, 3.05) is 0 Å². The number of hydrogen-bond acceptors (Lipinski definition) is 7. The standard InChI is InChI=1S/C28H13F3N8S/c1-14-18(27(34-2)35-3)4-20-22(14)23(16-8-36-12-37-9-16)21-5-19(15(6-32)7-33)26(40-28(29,30)31)25(21)24(20)17-10-38-13-39-11-17/h8-13H,4-5H2,1H3. The molecule has 2 aliphatic rings. The maximum atomic E-state index is 14.0. The zero-order chi connectivity index (χ0) is 28.6. The molecule has 8 nitrogen and oxygen atoms in total. The van der Waals surface area contributed by atoms with E-state index in [1.807, 2.05) is 0 Å². The first kappa shape index (κ1) is 26.3. The fourth-order valence-corrected chi connectivity index (χ4v) is 6.09. The number of fused-ring (bicyclic) bond motifs is 2. The molecule has 40 heavy (non-hydrogen) atoms. The van der Waals surface area contributed by atoms with Crippen LogP contribution in [-0.4, -0.2) is 25.4 Å². The molecule has 1 aromatic carbocycles. The van der Waals surface area contributed by atoms with Crippen LogP contribution in [0.2, 0.25) is 0 Å². The maximum absolute atomic E-state index is 14.0. The van der Waals surface area contributed by atoms with Crippen LogP contribution in [0.3, 0.4) is 0 Å². The minimum absolute atomic E-state index is 0.0291. The largest absolute Gasteiger partial charge is 0.523 e. The highest BCUT2D eigenvalue weighted by atomic mass is 32.2. The van der Waals surface area contributed by atoms with Crippen molar-refractivity contribution in [1.82, 2.24) is 19.9 Å². The van der Waals surface area contributed by atoms with Crippen LogP contribution in [0.1, 0.15) is 18.1 Å². The third-order valence-electron chi connectivity index (χ3n) is 6.67. The van der Waals surface area contributed by atoms with Crippen molar-refractivity contribution in [1.29, 1.82) is 10.5 Å². The van der Waals surface area contributed by atoms with Gasteiger partial charge in [0.1, 0.15) is 43.5 Å². The van der Waals surface area contributed by atoms with Crippen molar-refractivity contribution < 1.29 is 13.2 Å². The normalized spacial score (nSPS) is 13.6. The lowest BCUT2D eigenvalue weighted by molar-refractivity contribution is -0.0318. The number of rotatable bonds is 3. The van der Waals surface area contributed by atoms with Gasteiger partial charge in [-0.1, -0.05) is 0 Å². The van der Waals surface area contributed by atoms with Gasteiger partial charge in [0.2, 0.25) is 0 Å². The summed E-state index contributed by atoms with van der Waals surface area (Å²) in [5.41, 5.74) is -1.20. The van der Waals surface area contributed by atoms with Crippen LogP contribution < -0.4 is 10.4 Å². The molecule has 0 atom stereocenters. The van der Waals surface area contributed by atoms with Gasteiger partial charge in [-0.05, 0) is 63.7 Å². The van der Waals surface area contributed by atoms with Gasteiger partial charge in [0.15, 0.2) is 0 Å². The van der Waals surface area contributed by atoms with Gasteiger partial charge in [-0.2, -0.15) is 33.4 Å². The molecule has 0 amide bonds. The molecule has 5 rings (SSSR count). The smallest absolute Gasteiger partial charge is 0.244 e. The van der Waals surface area contributed by atoms with Crippen molar-refractivity contribution in [3.05, 3.63) is 104 Å². The number of hydrogen-bond donors (Lipinski definition) is 0. The van der Waals surface area contributed by atoms with Crippen LogP contribution in [0, 0.1) is 35.8 Å². The highest BCUT2D eigenvalue weighted by Crippen LogP contribution is 2.46. The molecule has 0 spiro atoms. The lowest BCUT2D eigenvalue weighted by Crippen LogP contribution is -2.24. The number of allylic oxidation sites excluding steroid dienone is 2. The van der Waals surface area contributed by atoms with E-state index in [9.17, 15) is 23.7 Å². The van der Waals surface area contributed by atoms with Crippen LogP contribution in [-0.2, 0) is 12.8 Å². The minimum atomic E-state index is -4.73. The fourth-order valence-electron chi connectivity index (χ4n) is 5.23. The van der Waals surface area contributed by atoms with Gasteiger partial charge >= 0.3 is 11.3 Å². The summed E-state index contributed by atoms with van der Waals surface area (Å²) in [4.78, 5) is 22.9. The highest BCUT2D eigenvalue weighted by Gasteiger charge is 2.39. The van der Waals surface area contributed by atoms with Crippen molar-refractivity contribution in [3.63, 3.8) is 0 Å². The van der Waals surface area contributed by atoms with E-state index in [0.717, 1.165) is 0 Å². The van der Waals surface area contributed by atoms with Gasteiger partial charge in [-0.15, -0.1) is 0 Å². The molecule has 0 saturated heterocycles. The molecular weight excluding hydrogens is 537 g/mol. The Bertz CT molecular complexity index is 1920. The number of thioether (sulfide) groups is 1. The maximum Gasteiger partial charge on any atom is 0.523 e. The summed E-state index contributed by atoms with van der Waals surface area (Å²) in [5, 5.41) is 20.2. The van der Waals surface area contributed by atoms with Gasteiger partial charge in [0.25, 0.3) is 0 Å². The quantitative estimate of drug-likeness (QED) is 0.345. The molecule has 2 aromatic heterocycles. The van der Waals surface area contributed by atoms with E-state index < -0.39 is 11.1 Å². The van der Waals surface area contributed by atoms with Crippen LogP contribution >= 0.6 is 11.8 Å². The van der Waals surface area contributed by atoms with Crippen LogP contribution in [0.4, 0.5) is 13.2 Å². The molecule has 3 aromatic rings. The van der Waals surface area contributed by atoms with E-state index in [0.29, 0.717) is 49.7 Å². The predicted octanol–water partition coefficient (Wildman–Crippen LogP) is 4.64. The lowest BCUT2D eigenvalue weighted by Gasteiger charge is -2.16. The topological polar surface area (TPSA) is 108 Å². The van der Waals surface area contributed by atoms with Gasteiger partial charge < -0.3 is 0 Å². The molecule has 2 aliphatic carbocycles. The molecule has 0 radical (unpaired) electrons. The number of benzene rings is 1. The Hall–Kier alpha value is -5.30. The molecule has 2 heterocycles. The zero-order valence-corrected chi connectivity index (χ0v) is 21.3. The van der Waals surface area contributed by atoms with E-state index in [-0.39, 0.29) is 46.1 Å². The fraction of sp³-hybridized carbons (Fsp3) is 0.143. The summed E-state index contributed by atoms with van der Waals surface area (Å²) < 4.78 is 42.1. The molecule has 0 bridgehead atoms. The number of nitrogens with zero attached hydrogens (tertiary/aromatic N) is 8. The van der Waals surface area contributed by atoms with Gasteiger partial charge in [0, 0.05) is 52.5 Å². The Morgan fingerprint density at radius 3 is 1.80 bits per heavy atom. The average molecular weight is 551 g/mol. The Morgan fingerprint density at radius 1 is 0.850 bits per heavy atom. The van der Waals surface area contributed by atoms with E-state index in [2.05, 4.69) is 29.6 Å². The molecule has 0 N–H and O–H groups in total. The molecule has 0 saturated carbocycles. The minimum Gasteiger partial charge on any atom is -0.244 e. The second-order valence-electron chi connectivity index (χ2n) is 8.67. The SMILES string of the molecule is [C-]#[N+]C([N+]#[C-])=C1Cc2c(-c3cncnc3)c3c(c(-c4cncnc4)c2=C1C)CC(=C(C#N)C#N)C=3SC(F)(F)F. The molecule has 12 heteroatoms. The zero-order valence-electron chi connectivity index (χ0n) is 20.5. The van der Waals surface area contributed by atoms with E-state index in [1.54, 1.807) is 19.1 Å². The van der Waals surface area contributed by atoms with Gasteiger partial charge in [-0.3, -0.25) is 0 Å². The molecular formula is C28H13F3N8S. The van der Waals surface area contributed by atoms with Crippen molar-refractivity contribution in [2.45, 2.75) is 25.3 Å². The number of nitriles is 2. The van der Waals surface area contributed by atoms with Crippen molar-refractivity contribution >= 4 is 22.2 Å². The van der Waals surface area contributed by atoms with Crippen molar-refractivity contribution in [3.8, 4) is 34.4 Å². The molecule has 192 valence electrons. The van der Waals surface area contributed by atoms with Crippen molar-refractivity contribution in [2.24, 2.45) is 0 Å². The Morgan fingerprint density at radius 2 is 1.32 bits per heavy atom. The van der Waals surface area contributed by atoms with Gasteiger partial charge in [-0.25, -0.2) is 19.9 Å². The molecule has 0 aliphatic heterocycles. The Kier molecular flexibility index (Phi) is 6.65. The predicted molar refractivity (Wildman–Crippen MR) is 140 cm³/mol. The highest BCUT2D eigenvalue weighted by molar-refractivity contribution is 8.09. The first-order valence-electron chi connectivity index (χ1n) is 11.5. The summed E-state index contributed by atoms with van der Waals surface area (Å²) in [7, 11) is 0. The molecule has 0 unspecified atom stereocenters. The Balaban J connectivity index is 2.12. The van der Waals surface area contributed by atoms with Crippen LogP contribution in [0.5, 0.6) is 0 Å². The van der Waals surface area contributed by atoms with Gasteiger partial charge in [0.05, 0.1) is 5.57 Å². The van der Waals surface area contributed by atoms with E-state index in [1.165, 1.54) is 37.4 Å². The van der Waals surface area contributed by atoms with E-state index in [4.69, 9.17) is 13.1 Å². The Labute approximate surface area is 229 Å².